The fraction of sp³-hybridized carbons (Fsp3) is 0.278. The van der Waals surface area contributed by atoms with Gasteiger partial charge in [-0.1, -0.05) is 112 Å². The largest absolute Gasteiger partial charge is 0.488 e. The average Bonchev–Trinajstić information content (AvgIpc) is 1.64. The van der Waals surface area contributed by atoms with Crippen LogP contribution in [-0.4, -0.2) is 189 Å². The fourth-order valence-corrected chi connectivity index (χ4v) is 18.0. The zero-order chi connectivity index (χ0) is 99.2. The Bertz CT molecular complexity index is 7450. The van der Waals surface area contributed by atoms with Crippen LogP contribution in [0.3, 0.4) is 0 Å². The maximum atomic E-state index is 14.2. The normalized spacial score (nSPS) is 15.9. The predicted octanol–water partition coefficient (Wildman–Crippen LogP) is 18.6. The van der Waals surface area contributed by atoms with Gasteiger partial charge in [0, 0.05) is 157 Å². The first-order chi connectivity index (χ1) is 70.5. The van der Waals surface area contributed by atoms with Crippen LogP contribution in [0.4, 0.5) is 17.6 Å². The summed E-state index contributed by atoms with van der Waals surface area (Å²) in [5, 5.41) is 42.8. The second-order valence-corrected chi connectivity index (χ2v) is 35.8. The van der Waals surface area contributed by atoms with Crippen molar-refractivity contribution in [2.75, 3.05) is 40.9 Å². The van der Waals surface area contributed by atoms with Gasteiger partial charge in [0.2, 0.25) is 13.6 Å². The van der Waals surface area contributed by atoms with Crippen LogP contribution in [0, 0.1) is 23.3 Å². The third-order valence-corrected chi connectivity index (χ3v) is 25.8. The SMILES string of the molecule is C.CO[C@@H]1CCCC(c2cnc(-c3nn(Cc4ccccc4F)c4ncccc34)nc2)C1.CO[C@@H]1CCCNC1.Fc1ccccc1Cn1nc(-c2ncc(-c3ccc4c(c3)OCO4)cn2)c2cccnc21.Fc1ccccc1Cn1nc(-c2ncc(Br)cn2)c2cccnc21.O=C1CCCCC1.O=C1CCCCC1c1cnc(-c2nn(Cc3ccccc3F)c3ncccc23)nc1.OB(O)c1ccc2c(c1)OCO2.[B]. The maximum Gasteiger partial charge on any atom is 0.488 e. The summed E-state index contributed by atoms with van der Waals surface area (Å²) < 4.78 is 95.6. The van der Waals surface area contributed by atoms with Crippen molar-refractivity contribution in [3.63, 3.8) is 0 Å². The van der Waals surface area contributed by atoms with Crippen LogP contribution in [0.5, 0.6) is 23.0 Å². The van der Waals surface area contributed by atoms with Crippen molar-refractivity contribution >= 4 is 92.6 Å². The molecule has 3 aliphatic heterocycles. The van der Waals surface area contributed by atoms with E-state index in [1.807, 2.05) is 85.2 Å². The topological polar surface area (TPSA) is 368 Å². The number of benzene rings is 6. The number of fused-ring (bicyclic) bond motifs is 6. The predicted molar refractivity (Wildman–Crippen MR) is 550 cm³/mol. The summed E-state index contributed by atoms with van der Waals surface area (Å²) >= 11 is 3.32. The zero-order valence-corrected chi connectivity index (χ0v) is 81.1. The first kappa shape index (κ1) is 104. The number of halogens is 5. The van der Waals surface area contributed by atoms with Gasteiger partial charge < -0.3 is 43.8 Å². The number of carbonyl (C=O) groups excluding carboxylic acids is 2. The van der Waals surface area contributed by atoms with Crippen molar-refractivity contribution in [3.05, 3.63) is 317 Å². The van der Waals surface area contributed by atoms with E-state index in [-0.39, 0.29) is 84.0 Å². The lowest BCUT2D eigenvalue weighted by Gasteiger charge is -2.28. The van der Waals surface area contributed by atoms with Crippen LogP contribution >= 0.6 is 15.9 Å². The van der Waals surface area contributed by atoms with Crippen molar-refractivity contribution in [1.82, 2.24) is 104 Å². The summed E-state index contributed by atoms with van der Waals surface area (Å²) in [6, 6.07) is 52.2. The second-order valence-electron chi connectivity index (χ2n) is 34.9. The number of hydrogen-bond acceptors (Lipinski definition) is 27. The van der Waals surface area contributed by atoms with Gasteiger partial charge in [-0.2, -0.15) is 20.4 Å². The lowest BCUT2D eigenvalue weighted by atomic mass is 9.80. The van der Waals surface area contributed by atoms with E-state index in [1.165, 1.54) is 50.1 Å². The number of methoxy groups -OCH3 is 2. The first-order valence-corrected chi connectivity index (χ1v) is 48.4. The molecule has 146 heavy (non-hydrogen) atoms. The highest BCUT2D eigenvalue weighted by atomic mass is 79.9. The molecule has 15 heterocycles. The molecule has 3 radical (unpaired) electrons. The monoisotopic (exact) mass is 2030 g/mol. The number of rotatable bonds is 18. The molecule has 24 rings (SSSR count). The van der Waals surface area contributed by atoms with Gasteiger partial charge in [-0.05, 0) is 205 Å². The molecule has 6 aromatic carbocycles. The van der Waals surface area contributed by atoms with Gasteiger partial charge >= 0.3 is 7.12 Å². The summed E-state index contributed by atoms with van der Waals surface area (Å²) in [6.45, 7) is 3.72. The number of pyridine rings is 4. The minimum absolute atomic E-state index is 0. The van der Waals surface area contributed by atoms with Gasteiger partial charge in [-0.15, -0.1) is 0 Å². The lowest BCUT2D eigenvalue weighted by molar-refractivity contribution is -0.122. The number of ketones is 2. The molecular weight excluding hydrogens is 1930 g/mol. The van der Waals surface area contributed by atoms with Crippen molar-refractivity contribution in [3.8, 4) is 80.2 Å². The van der Waals surface area contributed by atoms with Crippen LogP contribution in [0.2, 0.25) is 0 Å². The third kappa shape index (κ3) is 25.4. The molecular formula is C108H105B2BrF4N21O10. The van der Waals surface area contributed by atoms with Crippen LogP contribution in [0.1, 0.15) is 149 Å². The van der Waals surface area contributed by atoms with Crippen molar-refractivity contribution in [2.24, 2.45) is 0 Å². The van der Waals surface area contributed by atoms with E-state index in [0.29, 0.717) is 151 Å². The maximum absolute atomic E-state index is 14.2. The molecule has 18 aromatic rings. The van der Waals surface area contributed by atoms with E-state index < -0.39 is 7.12 Å². The molecule has 743 valence electrons. The Morgan fingerprint density at radius 3 is 1.18 bits per heavy atom. The van der Waals surface area contributed by atoms with Crippen molar-refractivity contribution in [1.29, 1.82) is 0 Å². The summed E-state index contributed by atoms with van der Waals surface area (Å²) in [4.78, 5) is 76.4. The van der Waals surface area contributed by atoms with Crippen molar-refractivity contribution < 1.29 is 65.6 Å². The quantitative estimate of drug-likeness (QED) is 0.0530. The Morgan fingerprint density at radius 1 is 0.404 bits per heavy atom. The second kappa shape index (κ2) is 49.9. The van der Waals surface area contributed by atoms with Gasteiger partial charge in [0.25, 0.3) is 0 Å². The molecule has 0 spiro atoms. The molecule has 3 N–H and O–H groups in total. The molecule has 4 atom stereocenters. The molecule has 0 amide bonds. The molecule has 0 bridgehead atoms. The van der Waals surface area contributed by atoms with E-state index >= 15 is 0 Å². The minimum Gasteiger partial charge on any atom is -0.454 e. The first-order valence-electron chi connectivity index (χ1n) is 47.6. The molecule has 12 aromatic heterocycles. The van der Waals surface area contributed by atoms with Crippen molar-refractivity contribution in [2.45, 2.75) is 154 Å². The highest BCUT2D eigenvalue weighted by Gasteiger charge is 2.30. The molecule has 31 nitrogen and oxygen atoms in total. The van der Waals surface area contributed by atoms with Gasteiger partial charge in [0.1, 0.15) is 57.6 Å². The molecule has 38 heteroatoms. The molecule has 3 aliphatic carbocycles. The highest BCUT2D eigenvalue weighted by molar-refractivity contribution is 9.10. The zero-order valence-electron chi connectivity index (χ0n) is 79.5. The number of ether oxygens (including phenoxy) is 6. The number of nitrogens with zero attached hydrogens (tertiary/aromatic N) is 20. The molecule has 1 saturated heterocycles. The van der Waals surface area contributed by atoms with Gasteiger partial charge in [0.05, 0.1) is 64.4 Å². The summed E-state index contributed by atoms with van der Waals surface area (Å²) in [6.07, 6.45) is 37.3. The number of hydrogen-bond donors (Lipinski definition) is 3. The lowest BCUT2D eigenvalue weighted by Crippen LogP contribution is -2.34. The Balaban J connectivity index is 0.000000128. The molecule has 6 aliphatic rings. The third-order valence-electron chi connectivity index (χ3n) is 25.4. The summed E-state index contributed by atoms with van der Waals surface area (Å²) in [5.41, 5.74) is 11.5. The molecule has 4 fully saturated rings. The Hall–Kier alpha value is -15.2. The Morgan fingerprint density at radius 2 is 0.795 bits per heavy atom. The number of nitrogens with one attached hydrogen (secondary N) is 1. The molecule has 3 saturated carbocycles. The van der Waals surface area contributed by atoms with E-state index in [0.717, 1.165) is 131 Å². The van der Waals surface area contributed by atoms with E-state index in [1.54, 1.807) is 180 Å². The smallest absolute Gasteiger partial charge is 0.454 e. The number of aromatic nitrogens is 20. The standard InChI is InChI=1S/C24H16FN5O2.C24H24FN5O.C23H20FN5O.C17H11BrFN5.C7H7BO4.C6H13NO.C6H10O.CH4.B/c25-19-6-2-1-4-16(19)13-30-24-18(5-3-9-26-24)22(29-30)23-27-11-17(12-28-23)15-7-8-20-21(10-15)32-14-31-20;1-31-19-8-4-7-16(12-19)18-13-27-23(28-14-18)22-20-9-5-11-26-24(20)30(29-22)15-17-6-2-3-10-21(17)25;24-19-9-3-1-6-15(19)14-29-23-18(8-5-11-25-23)21(28-29)22-26-12-16(13-27-22)17-7-2-4-10-20(17)30;18-12-8-21-16(22-9-12)15-13-5-3-7-20-17(13)24(23-15)10-11-4-1-2-6-14(11)19;9-8(10)5-1-2-6-7(3-5)12-4-11-6;1-8-6-3-2-4-7-5-6;7-6-4-2-1-3-5-6;;/h1-12H,13-14H2;2-3,5-6,9-11,13-14,16,19H,4,7-8,12,15H2,1H3;1,3,5-6,8-9,11-13,17H,2,4,7,10,14H2;1-9H,10H2;1-3,9-10H,4H2;6-7H,2-5H2,1H3;1-5H2;1H4;/t;16?,19-;;;;6-;;;/m.1...1.../s1. The van der Waals surface area contributed by atoms with Crippen LogP contribution < -0.4 is 29.7 Å². The van der Waals surface area contributed by atoms with Crippen LogP contribution in [0.15, 0.2) is 261 Å². The molecule has 2 unspecified atom stereocenters. The number of carbonyl (C=O) groups is 2. The summed E-state index contributed by atoms with van der Waals surface area (Å²) in [7, 11) is 2.10. The Kier molecular flexibility index (Phi) is 35.4. The van der Waals surface area contributed by atoms with E-state index in [2.05, 4.69) is 96.4 Å². The number of piperidine rings is 1. The summed E-state index contributed by atoms with van der Waals surface area (Å²) in [5.74, 6) is 4.58. The Labute approximate surface area is 850 Å². The highest BCUT2D eigenvalue weighted by Crippen LogP contribution is 2.40. The van der Waals surface area contributed by atoms with Gasteiger partial charge in [-0.3, -0.25) is 9.59 Å². The van der Waals surface area contributed by atoms with Gasteiger partial charge in [0.15, 0.2) is 68.9 Å². The number of Topliss-reactive ketones (excluding diaryl/α,β-unsaturated/α-hetero) is 2. The van der Waals surface area contributed by atoms with Crippen LogP contribution in [-0.2, 0) is 45.2 Å². The average molecular weight is 2030 g/mol. The van der Waals surface area contributed by atoms with E-state index in [9.17, 15) is 27.2 Å². The van der Waals surface area contributed by atoms with E-state index in [4.69, 9.17) is 43.6 Å². The minimum atomic E-state index is -1.46. The van der Waals surface area contributed by atoms with Crippen LogP contribution in [0.25, 0.3) is 101 Å². The van der Waals surface area contributed by atoms with Gasteiger partial charge in [-0.25, -0.2) is 96.1 Å². The fourth-order valence-electron chi connectivity index (χ4n) is 17.8.